The minimum absolute atomic E-state index is 0.273. The summed E-state index contributed by atoms with van der Waals surface area (Å²) >= 11 is 5.98. The number of pyridine rings is 1. The van der Waals surface area contributed by atoms with E-state index in [1.54, 1.807) is 12.3 Å². The summed E-state index contributed by atoms with van der Waals surface area (Å²) in [5, 5.41) is 4.21. The van der Waals surface area contributed by atoms with Gasteiger partial charge in [-0.05, 0) is 30.5 Å². The first-order valence-electron chi connectivity index (χ1n) is 6.34. The van der Waals surface area contributed by atoms with Crippen LogP contribution in [-0.4, -0.2) is 19.6 Å². The van der Waals surface area contributed by atoms with E-state index in [1.807, 2.05) is 18.2 Å². The first kappa shape index (κ1) is 11.8. The Hall–Kier alpha value is -2.01. The Morgan fingerprint density at radius 1 is 1.25 bits per heavy atom. The molecule has 0 N–H and O–H groups in total. The maximum atomic E-state index is 13.6. The van der Waals surface area contributed by atoms with Crippen LogP contribution in [0.3, 0.4) is 0 Å². The van der Waals surface area contributed by atoms with Crippen LogP contribution in [0.5, 0.6) is 0 Å². The van der Waals surface area contributed by atoms with E-state index in [0.717, 1.165) is 22.2 Å². The van der Waals surface area contributed by atoms with Crippen molar-refractivity contribution in [2.24, 2.45) is 0 Å². The van der Waals surface area contributed by atoms with E-state index in [4.69, 9.17) is 11.6 Å². The summed E-state index contributed by atoms with van der Waals surface area (Å²) in [5.74, 6) is 0.117. The van der Waals surface area contributed by atoms with Gasteiger partial charge in [0.2, 0.25) is 5.95 Å². The summed E-state index contributed by atoms with van der Waals surface area (Å²) in [4.78, 5) is 8.47. The zero-order valence-corrected chi connectivity index (χ0v) is 11.1. The molecule has 1 fully saturated rings. The van der Waals surface area contributed by atoms with Crippen LogP contribution in [0.25, 0.3) is 5.65 Å². The van der Waals surface area contributed by atoms with Crippen LogP contribution in [-0.2, 0) is 0 Å². The van der Waals surface area contributed by atoms with Gasteiger partial charge in [-0.15, -0.1) is 0 Å². The molecule has 4 rings (SSSR count). The fourth-order valence-electron chi connectivity index (χ4n) is 2.67. The molecule has 0 radical (unpaired) electrons. The van der Waals surface area contributed by atoms with Crippen molar-refractivity contribution < 1.29 is 4.39 Å². The Morgan fingerprint density at radius 2 is 2.15 bits per heavy atom. The van der Waals surface area contributed by atoms with E-state index in [0.29, 0.717) is 11.6 Å². The van der Waals surface area contributed by atoms with Crippen molar-refractivity contribution in [3.05, 3.63) is 59.0 Å². The van der Waals surface area contributed by atoms with Crippen molar-refractivity contribution >= 4 is 17.2 Å². The van der Waals surface area contributed by atoms with E-state index >= 15 is 0 Å². The van der Waals surface area contributed by atoms with Gasteiger partial charge in [-0.1, -0.05) is 17.7 Å². The number of imidazole rings is 1. The van der Waals surface area contributed by atoms with Gasteiger partial charge < -0.3 is 0 Å². The molecule has 100 valence electrons. The van der Waals surface area contributed by atoms with Gasteiger partial charge in [0.1, 0.15) is 0 Å². The molecule has 0 amide bonds. The van der Waals surface area contributed by atoms with Crippen LogP contribution in [0.1, 0.15) is 29.5 Å². The number of rotatable bonds is 2. The molecule has 1 aliphatic carbocycles. The Labute approximate surface area is 119 Å². The van der Waals surface area contributed by atoms with Gasteiger partial charge in [0.15, 0.2) is 10.8 Å². The quantitative estimate of drug-likeness (QED) is 0.727. The average Bonchev–Trinajstić information content (AvgIpc) is 3.18. The second-order valence-corrected chi connectivity index (χ2v) is 5.33. The third-order valence-electron chi connectivity index (χ3n) is 3.68. The second kappa shape index (κ2) is 4.24. The highest BCUT2D eigenvalue weighted by Crippen LogP contribution is 2.54. The molecular formula is C14H10ClFN4. The lowest BCUT2D eigenvalue weighted by Gasteiger charge is -2.04. The number of hydrogen-bond donors (Lipinski definition) is 0. The van der Waals surface area contributed by atoms with E-state index in [1.165, 1.54) is 6.20 Å². The van der Waals surface area contributed by atoms with Crippen LogP contribution in [0.15, 0.2) is 36.7 Å². The summed E-state index contributed by atoms with van der Waals surface area (Å²) in [6.45, 7) is 0. The summed E-state index contributed by atoms with van der Waals surface area (Å²) in [6.07, 6.45) is 3.93. The Balaban J connectivity index is 1.77. The van der Waals surface area contributed by atoms with Gasteiger partial charge in [-0.3, -0.25) is 4.98 Å². The van der Waals surface area contributed by atoms with Crippen molar-refractivity contribution in [3.63, 3.8) is 0 Å². The topological polar surface area (TPSA) is 43.1 Å². The van der Waals surface area contributed by atoms with Crippen LogP contribution in [0.2, 0.25) is 5.15 Å². The number of aromatic nitrogens is 4. The number of halogens is 2. The first-order chi connectivity index (χ1) is 9.74. The van der Waals surface area contributed by atoms with Crippen LogP contribution in [0.4, 0.5) is 4.39 Å². The van der Waals surface area contributed by atoms with Crippen molar-refractivity contribution in [2.45, 2.75) is 18.3 Å². The number of fused-ring (bicyclic) bond motifs is 1. The Morgan fingerprint density at radius 3 is 2.95 bits per heavy atom. The first-order valence-corrected chi connectivity index (χ1v) is 6.72. The fourth-order valence-corrected chi connectivity index (χ4v) is 2.86. The number of nitrogens with zero attached hydrogens (tertiary/aromatic N) is 4. The summed E-state index contributed by atoms with van der Waals surface area (Å²) in [7, 11) is 0. The third kappa shape index (κ3) is 1.78. The zero-order chi connectivity index (χ0) is 13.7. The zero-order valence-electron chi connectivity index (χ0n) is 10.4. The predicted octanol–water partition coefficient (Wildman–Crippen LogP) is 3.19. The molecule has 2 atom stereocenters. The predicted molar refractivity (Wildman–Crippen MR) is 72.3 cm³/mol. The molecule has 3 aromatic heterocycles. The molecule has 1 aliphatic rings. The van der Waals surface area contributed by atoms with E-state index in [9.17, 15) is 4.39 Å². The van der Waals surface area contributed by atoms with Gasteiger partial charge in [0, 0.05) is 23.4 Å². The largest absolute Gasteiger partial charge is 0.261 e. The average molecular weight is 289 g/mol. The second-order valence-electron chi connectivity index (χ2n) is 4.94. The molecular weight excluding hydrogens is 279 g/mol. The SMILES string of the molecule is Fc1cnc2c([C@H]3C[C@@H]3c3ccccn3)cc(Cl)nn12. The lowest BCUT2D eigenvalue weighted by Crippen LogP contribution is -1.99. The molecule has 20 heavy (non-hydrogen) atoms. The maximum Gasteiger partial charge on any atom is 0.234 e. The molecule has 4 nitrogen and oxygen atoms in total. The fraction of sp³-hybridized carbons (Fsp3) is 0.214. The molecule has 0 unspecified atom stereocenters. The van der Waals surface area contributed by atoms with Crippen molar-refractivity contribution in [1.29, 1.82) is 0 Å². The van der Waals surface area contributed by atoms with Crippen LogP contribution < -0.4 is 0 Å². The van der Waals surface area contributed by atoms with E-state index in [2.05, 4.69) is 15.1 Å². The summed E-state index contributed by atoms with van der Waals surface area (Å²) < 4.78 is 14.7. The minimum atomic E-state index is -0.501. The highest BCUT2D eigenvalue weighted by molar-refractivity contribution is 6.29. The molecule has 3 heterocycles. The maximum absolute atomic E-state index is 13.6. The summed E-state index contributed by atoms with van der Waals surface area (Å²) in [5.41, 5.74) is 2.52. The third-order valence-corrected chi connectivity index (χ3v) is 3.87. The molecule has 1 saturated carbocycles. The minimum Gasteiger partial charge on any atom is -0.261 e. The lowest BCUT2D eigenvalue weighted by atomic mass is 10.1. The summed E-state index contributed by atoms with van der Waals surface area (Å²) in [6, 6.07) is 7.65. The molecule has 6 heteroatoms. The molecule has 3 aromatic rings. The molecule has 0 bridgehead atoms. The Bertz CT molecular complexity index is 786. The van der Waals surface area contributed by atoms with E-state index in [-0.39, 0.29) is 11.1 Å². The molecule has 0 spiro atoms. The van der Waals surface area contributed by atoms with Gasteiger partial charge >= 0.3 is 0 Å². The van der Waals surface area contributed by atoms with Crippen LogP contribution >= 0.6 is 11.6 Å². The lowest BCUT2D eigenvalue weighted by molar-refractivity contribution is 0.548. The van der Waals surface area contributed by atoms with Crippen LogP contribution in [0, 0.1) is 5.95 Å². The van der Waals surface area contributed by atoms with Gasteiger partial charge in [0.05, 0.1) is 6.20 Å². The Kier molecular flexibility index (Phi) is 2.50. The van der Waals surface area contributed by atoms with Crippen molar-refractivity contribution in [3.8, 4) is 0 Å². The van der Waals surface area contributed by atoms with Gasteiger partial charge in [0.25, 0.3) is 0 Å². The molecule has 0 saturated heterocycles. The smallest absolute Gasteiger partial charge is 0.234 e. The van der Waals surface area contributed by atoms with Crippen molar-refractivity contribution in [2.75, 3.05) is 0 Å². The normalized spacial score (nSPS) is 21.3. The van der Waals surface area contributed by atoms with Gasteiger partial charge in [-0.2, -0.15) is 14.0 Å². The van der Waals surface area contributed by atoms with Gasteiger partial charge in [-0.25, -0.2) is 4.98 Å². The highest BCUT2D eigenvalue weighted by atomic mass is 35.5. The molecule has 0 aliphatic heterocycles. The monoisotopic (exact) mass is 288 g/mol. The molecule has 0 aromatic carbocycles. The number of hydrogen-bond acceptors (Lipinski definition) is 3. The standard InChI is InChI=1S/C14H10ClFN4/c15-12-6-10(14-18-7-13(16)20(14)19-12)8-5-9(8)11-3-1-2-4-17-11/h1-4,6-9H,5H2/t8-,9-/m0/s1. The van der Waals surface area contributed by atoms with Crippen molar-refractivity contribution in [1.82, 2.24) is 19.6 Å². The highest BCUT2D eigenvalue weighted by Gasteiger charge is 2.42. The van der Waals surface area contributed by atoms with E-state index < -0.39 is 5.95 Å².